The molecule has 3 rings (SSSR count). The van der Waals surface area contributed by atoms with Gasteiger partial charge in [-0.05, 0) is 68.1 Å². The van der Waals surface area contributed by atoms with Crippen molar-refractivity contribution in [2.45, 2.75) is 24.9 Å². The molecular weight excluding hydrogens is 343 g/mol. The molecule has 142 valence electrons. The van der Waals surface area contributed by atoms with Crippen molar-refractivity contribution in [2.75, 3.05) is 25.4 Å². The molecule has 0 aliphatic carbocycles. The summed E-state index contributed by atoms with van der Waals surface area (Å²) < 4.78 is 37.6. The Bertz CT molecular complexity index is 640. The molecule has 0 radical (unpaired) electrons. The summed E-state index contributed by atoms with van der Waals surface area (Å²) in [5, 5.41) is 3.28. The first kappa shape index (κ1) is 20.1. The van der Waals surface area contributed by atoms with E-state index in [-0.39, 0.29) is 5.92 Å². The fraction of sp³-hybridized carbons (Fsp3) is 0.444. The number of rotatable bonds is 3. The topological polar surface area (TPSA) is 89.8 Å². The maximum absolute atomic E-state index is 12.5. The third kappa shape index (κ3) is 5.96. The van der Waals surface area contributed by atoms with E-state index in [9.17, 15) is 13.2 Å². The molecule has 0 bridgehead atoms. The van der Waals surface area contributed by atoms with Gasteiger partial charge in [0, 0.05) is 6.20 Å². The Morgan fingerprint density at radius 2 is 1.77 bits per heavy atom. The molecule has 8 heteroatoms. The number of aromatic nitrogens is 2. The van der Waals surface area contributed by atoms with Crippen LogP contribution in [-0.4, -0.2) is 29.6 Å². The zero-order chi connectivity index (χ0) is 19.0. The van der Waals surface area contributed by atoms with Crippen LogP contribution in [0.15, 0.2) is 42.9 Å². The highest BCUT2D eigenvalue weighted by Crippen LogP contribution is 2.33. The van der Waals surface area contributed by atoms with Gasteiger partial charge in [-0.3, -0.25) is 0 Å². The van der Waals surface area contributed by atoms with Crippen LogP contribution >= 0.6 is 0 Å². The van der Waals surface area contributed by atoms with E-state index in [1.807, 2.05) is 0 Å². The fourth-order valence-corrected chi connectivity index (χ4v) is 3.07. The highest BCUT2D eigenvalue weighted by molar-refractivity contribution is 5.28. The van der Waals surface area contributed by atoms with Crippen molar-refractivity contribution in [3.8, 4) is 0 Å². The number of piperidine rings is 1. The molecule has 1 aliphatic heterocycles. The molecule has 26 heavy (non-hydrogen) atoms. The molecule has 0 amide bonds. The maximum Gasteiger partial charge on any atom is 0.416 e. The second-order valence-corrected chi connectivity index (χ2v) is 6.18. The lowest BCUT2D eigenvalue weighted by molar-refractivity contribution is -0.137. The van der Waals surface area contributed by atoms with E-state index < -0.39 is 11.7 Å². The number of nitrogens with two attached hydrogens (primary N) is 2. The lowest BCUT2D eigenvalue weighted by Gasteiger charge is -2.30. The molecule has 5 N–H and O–H groups in total. The summed E-state index contributed by atoms with van der Waals surface area (Å²) in [6.07, 6.45) is 0.801. The van der Waals surface area contributed by atoms with Crippen LogP contribution in [0.5, 0.6) is 0 Å². The summed E-state index contributed by atoms with van der Waals surface area (Å²) in [5.74, 6) is 1.13. The van der Waals surface area contributed by atoms with Crippen molar-refractivity contribution < 1.29 is 13.2 Å². The summed E-state index contributed by atoms with van der Waals surface area (Å²) in [5.41, 5.74) is 11.3. The number of benzene rings is 1. The quantitative estimate of drug-likeness (QED) is 0.776. The largest absolute Gasteiger partial charge is 0.416 e. The van der Waals surface area contributed by atoms with Crippen LogP contribution in [0.3, 0.4) is 0 Å². The number of nitrogens with one attached hydrogen (secondary N) is 1. The zero-order valence-corrected chi connectivity index (χ0v) is 14.4. The Hall–Kier alpha value is -2.19. The van der Waals surface area contributed by atoms with Crippen LogP contribution < -0.4 is 16.8 Å². The first-order valence-electron chi connectivity index (χ1n) is 8.51. The summed E-state index contributed by atoms with van der Waals surface area (Å²) in [7, 11) is 0. The number of hydrogen-bond donors (Lipinski definition) is 3. The van der Waals surface area contributed by atoms with Gasteiger partial charge in [-0.2, -0.15) is 13.2 Å². The van der Waals surface area contributed by atoms with Crippen molar-refractivity contribution in [3.05, 3.63) is 54.0 Å². The molecule has 1 unspecified atom stereocenters. The Morgan fingerprint density at radius 3 is 2.19 bits per heavy atom. The minimum Gasteiger partial charge on any atom is -0.384 e. The van der Waals surface area contributed by atoms with E-state index in [1.54, 1.807) is 24.4 Å². The third-order valence-corrected chi connectivity index (χ3v) is 4.48. The Balaban J connectivity index is 0.000000290. The van der Waals surface area contributed by atoms with Crippen LogP contribution in [0.25, 0.3) is 0 Å². The van der Waals surface area contributed by atoms with Gasteiger partial charge in [0.15, 0.2) is 0 Å². The molecule has 1 aliphatic rings. The van der Waals surface area contributed by atoms with E-state index in [1.165, 1.54) is 6.33 Å². The van der Waals surface area contributed by atoms with Gasteiger partial charge >= 0.3 is 6.18 Å². The van der Waals surface area contributed by atoms with Crippen molar-refractivity contribution in [2.24, 2.45) is 11.7 Å². The number of anilines is 1. The summed E-state index contributed by atoms with van der Waals surface area (Å²) in [6.45, 7) is 2.40. The molecule has 1 aromatic carbocycles. The normalized spacial score (nSPS) is 16.5. The van der Waals surface area contributed by atoms with Crippen molar-refractivity contribution in [1.29, 1.82) is 0 Å². The van der Waals surface area contributed by atoms with Crippen molar-refractivity contribution >= 4 is 5.82 Å². The van der Waals surface area contributed by atoms with Crippen LogP contribution in [-0.2, 0) is 6.18 Å². The molecular formula is C18H24F3N5. The average Bonchev–Trinajstić information content (AvgIpc) is 2.64. The van der Waals surface area contributed by atoms with Crippen molar-refractivity contribution in [1.82, 2.24) is 15.3 Å². The summed E-state index contributed by atoms with van der Waals surface area (Å²) >= 11 is 0. The van der Waals surface area contributed by atoms with Gasteiger partial charge in [0.2, 0.25) is 0 Å². The molecule has 0 spiro atoms. The van der Waals surface area contributed by atoms with Gasteiger partial charge in [-0.25, -0.2) is 9.97 Å². The fourth-order valence-electron chi connectivity index (χ4n) is 3.07. The number of hydrogen-bond acceptors (Lipinski definition) is 5. The minimum atomic E-state index is -4.27. The molecule has 2 aromatic rings. The second-order valence-electron chi connectivity index (χ2n) is 6.18. The monoisotopic (exact) mass is 367 g/mol. The van der Waals surface area contributed by atoms with Gasteiger partial charge in [0.1, 0.15) is 12.1 Å². The number of nitrogen functional groups attached to an aromatic ring is 1. The maximum atomic E-state index is 12.5. The van der Waals surface area contributed by atoms with E-state index in [0.717, 1.165) is 43.6 Å². The third-order valence-electron chi connectivity index (χ3n) is 4.48. The van der Waals surface area contributed by atoms with Gasteiger partial charge in [0.25, 0.3) is 0 Å². The highest BCUT2D eigenvalue weighted by atomic mass is 19.4. The van der Waals surface area contributed by atoms with Crippen LogP contribution in [0.2, 0.25) is 0 Å². The van der Waals surface area contributed by atoms with Gasteiger partial charge in [-0.1, -0.05) is 12.1 Å². The minimum absolute atomic E-state index is 0.157. The Labute approximate surface area is 151 Å². The summed E-state index contributed by atoms with van der Waals surface area (Å²) in [6, 6.07) is 7.09. The number of alkyl halides is 3. The SMILES string of the molecule is NCC(c1ccc(C(F)(F)F)cc1)C1CCNCC1.Nc1ccncn1. The molecule has 1 fully saturated rings. The first-order valence-corrected chi connectivity index (χ1v) is 8.51. The van der Waals surface area contributed by atoms with E-state index >= 15 is 0 Å². The van der Waals surface area contributed by atoms with Gasteiger partial charge in [0.05, 0.1) is 5.56 Å². The molecule has 2 heterocycles. The predicted octanol–water partition coefficient (Wildman–Crippen LogP) is 2.81. The van der Waals surface area contributed by atoms with E-state index in [2.05, 4.69) is 15.3 Å². The average molecular weight is 367 g/mol. The highest BCUT2D eigenvalue weighted by Gasteiger charge is 2.31. The predicted molar refractivity (Wildman–Crippen MR) is 95.3 cm³/mol. The zero-order valence-electron chi connectivity index (χ0n) is 14.4. The molecule has 1 saturated heterocycles. The Morgan fingerprint density at radius 1 is 1.12 bits per heavy atom. The molecule has 0 saturated carbocycles. The Kier molecular flexibility index (Phi) is 7.35. The number of nitrogens with zero attached hydrogens (tertiary/aromatic N) is 2. The van der Waals surface area contributed by atoms with Crippen LogP contribution in [0.1, 0.15) is 29.9 Å². The first-order chi connectivity index (χ1) is 12.4. The summed E-state index contributed by atoms with van der Waals surface area (Å²) in [4.78, 5) is 7.30. The number of halogens is 3. The standard InChI is InChI=1S/C14H19F3N2.C4H5N3/c15-14(16,17)12-3-1-10(2-4-12)13(9-18)11-5-7-19-8-6-11;5-4-1-2-6-3-7-4/h1-4,11,13,19H,5-9,18H2;1-3H,(H2,5,6,7). The van der Waals surface area contributed by atoms with Crippen molar-refractivity contribution in [3.63, 3.8) is 0 Å². The van der Waals surface area contributed by atoms with E-state index in [4.69, 9.17) is 11.5 Å². The van der Waals surface area contributed by atoms with Gasteiger partial charge in [-0.15, -0.1) is 0 Å². The smallest absolute Gasteiger partial charge is 0.384 e. The molecule has 1 aromatic heterocycles. The lowest BCUT2D eigenvalue weighted by Crippen LogP contribution is -2.33. The van der Waals surface area contributed by atoms with E-state index in [0.29, 0.717) is 18.3 Å². The molecule has 1 atom stereocenters. The molecule has 5 nitrogen and oxygen atoms in total. The lowest BCUT2D eigenvalue weighted by atomic mass is 9.80. The van der Waals surface area contributed by atoms with Crippen LogP contribution in [0, 0.1) is 5.92 Å². The van der Waals surface area contributed by atoms with Gasteiger partial charge < -0.3 is 16.8 Å². The second kappa shape index (κ2) is 9.49. The van der Waals surface area contributed by atoms with Crippen LogP contribution in [0.4, 0.5) is 19.0 Å².